The monoisotopic (exact) mass is 394 g/mol. The number of carbonyl (C=O) groups is 1. The summed E-state index contributed by atoms with van der Waals surface area (Å²) in [5, 5.41) is 8.50. The Balaban J connectivity index is 1.58. The van der Waals surface area contributed by atoms with Crippen molar-refractivity contribution in [1.29, 1.82) is 0 Å². The Bertz CT molecular complexity index is 730. The van der Waals surface area contributed by atoms with Gasteiger partial charge in [-0.15, -0.1) is 5.10 Å². The van der Waals surface area contributed by atoms with Gasteiger partial charge in [0.05, 0.1) is 5.52 Å². The summed E-state index contributed by atoms with van der Waals surface area (Å²) in [5.74, 6) is 0.497. The van der Waals surface area contributed by atoms with Crippen LogP contribution in [0.4, 0.5) is 4.79 Å². The minimum Gasteiger partial charge on any atom is -0.444 e. The van der Waals surface area contributed by atoms with Crippen LogP contribution in [0, 0.1) is 5.92 Å². The fourth-order valence-electron chi connectivity index (χ4n) is 2.95. The van der Waals surface area contributed by atoms with E-state index in [-0.39, 0.29) is 6.09 Å². The van der Waals surface area contributed by atoms with Crippen molar-refractivity contribution < 1.29 is 9.53 Å². The number of hydrogen-bond donors (Lipinski definition) is 0. The first-order chi connectivity index (χ1) is 11.3. The summed E-state index contributed by atoms with van der Waals surface area (Å²) in [6.45, 7) is 7.99. The number of hydrogen-bond acceptors (Lipinski definition) is 4. The van der Waals surface area contributed by atoms with Crippen LogP contribution in [0.2, 0.25) is 0 Å². The molecule has 1 aliphatic rings. The molecule has 0 aliphatic carbocycles. The SMILES string of the molecule is CC(C)(C)OC(=O)N1CCC(Cn2nnc3cc(Br)ccc32)CC1. The smallest absolute Gasteiger partial charge is 0.410 e. The summed E-state index contributed by atoms with van der Waals surface area (Å²) >= 11 is 3.45. The Labute approximate surface area is 150 Å². The first-order valence-corrected chi connectivity index (χ1v) is 9.08. The summed E-state index contributed by atoms with van der Waals surface area (Å²) in [6.07, 6.45) is 1.70. The molecule has 1 aliphatic heterocycles. The number of amides is 1. The van der Waals surface area contributed by atoms with Crippen molar-refractivity contribution in [3.05, 3.63) is 22.7 Å². The number of piperidine rings is 1. The second-order valence-corrected chi connectivity index (χ2v) is 8.23. The minimum atomic E-state index is -0.443. The lowest BCUT2D eigenvalue weighted by Gasteiger charge is -2.33. The van der Waals surface area contributed by atoms with Crippen LogP contribution in [0.25, 0.3) is 11.0 Å². The number of aromatic nitrogens is 3. The molecule has 1 aromatic heterocycles. The second kappa shape index (κ2) is 6.70. The third-order valence-electron chi connectivity index (χ3n) is 4.17. The molecule has 0 radical (unpaired) electrons. The average molecular weight is 395 g/mol. The van der Waals surface area contributed by atoms with Gasteiger partial charge in [0.25, 0.3) is 0 Å². The molecule has 0 spiro atoms. The van der Waals surface area contributed by atoms with Crippen molar-refractivity contribution in [2.45, 2.75) is 45.8 Å². The molecule has 130 valence electrons. The molecule has 1 saturated heterocycles. The summed E-state index contributed by atoms with van der Waals surface area (Å²) < 4.78 is 8.42. The number of fused-ring (bicyclic) bond motifs is 1. The first kappa shape index (κ1) is 17.2. The summed E-state index contributed by atoms with van der Waals surface area (Å²) in [5.41, 5.74) is 1.50. The molecule has 0 N–H and O–H groups in total. The molecule has 24 heavy (non-hydrogen) atoms. The molecule has 0 atom stereocenters. The van der Waals surface area contributed by atoms with Crippen molar-refractivity contribution in [1.82, 2.24) is 19.9 Å². The summed E-state index contributed by atoms with van der Waals surface area (Å²) in [4.78, 5) is 13.9. The number of nitrogens with zero attached hydrogens (tertiary/aromatic N) is 4. The highest BCUT2D eigenvalue weighted by molar-refractivity contribution is 9.10. The van der Waals surface area contributed by atoms with Gasteiger partial charge in [-0.1, -0.05) is 21.1 Å². The van der Waals surface area contributed by atoms with Gasteiger partial charge < -0.3 is 9.64 Å². The quantitative estimate of drug-likeness (QED) is 0.775. The minimum absolute atomic E-state index is 0.211. The highest BCUT2D eigenvalue weighted by Gasteiger charge is 2.27. The lowest BCUT2D eigenvalue weighted by atomic mass is 9.97. The lowest BCUT2D eigenvalue weighted by molar-refractivity contribution is 0.0177. The van der Waals surface area contributed by atoms with Crippen molar-refractivity contribution in [3.8, 4) is 0 Å². The van der Waals surface area contributed by atoms with Gasteiger partial charge in [0.2, 0.25) is 0 Å². The van der Waals surface area contributed by atoms with Crippen LogP contribution in [-0.4, -0.2) is 44.7 Å². The lowest BCUT2D eigenvalue weighted by Crippen LogP contribution is -2.42. The van der Waals surface area contributed by atoms with Crippen LogP contribution in [-0.2, 0) is 11.3 Å². The van der Waals surface area contributed by atoms with E-state index in [1.165, 1.54) is 0 Å². The second-order valence-electron chi connectivity index (χ2n) is 7.32. The van der Waals surface area contributed by atoms with Gasteiger partial charge in [-0.3, -0.25) is 0 Å². The predicted molar refractivity (Wildman–Crippen MR) is 95.8 cm³/mol. The van der Waals surface area contributed by atoms with E-state index in [4.69, 9.17) is 4.74 Å². The van der Waals surface area contributed by atoms with Gasteiger partial charge in [-0.2, -0.15) is 0 Å². The number of carbonyl (C=O) groups excluding carboxylic acids is 1. The number of benzene rings is 1. The third-order valence-corrected chi connectivity index (χ3v) is 4.67. The van der Waals surface area contributed by atoms with E-state index in [0.29, 0.717) is 5.92 Å². The number of halogens is 1. The topological polar surface area (TPSA) is 60.2 Å². The maximum Gasteiger partial charge on any atom is 0.410 e. The van der Waals surface area contributed by atoms with Crippen molar-refractivity contribution in [2.75, 3.05) is 13.1 Å². The van der Waals surface area contributed by atoms with E-state index in [2.05, 4.69) is 26.2 Å². The standard InChI is InChI=1S/C17H23BrN4O2/c1-17(2,3)24-16(23)21-8-6-12(7-9-21)11-22-15-5-4-13(18)10-14(15)19-20-22/h4-5,10,12H,6-9,11H2,1-3H3. The van der Waals surface area contributed by atoms with Crippen molar-refractivity contribution >= 4 is 33.1 Å². The van der Waals surface area contributed by atoms with Crippen LogP contribution in [0.1, 0.15) is 33.6 Å². The molecule has 3 rings (SSSR count). The highest BCUT2D eigenvalue weighted by Crippen LogP contribution is 2.23. The van der Waals surface area contributed by atoms with Crippen molar-refractivity contribution in [2.24, 2.45) is 5.92 Å². The Morgan fingerprint density at radius 1 is 1.33 bits per heavy atom. The zero-order valence-corrected chi connectivity index (χ0v) is 15.9. The largest absolute Gasteiger partial charge is 0.444 e. The molecule has 0 bridgehead atoms. The van der Waals surface area contributed by atoms with Crippen LogP contribution in [0.3, 0.4) is 0 Å². The molecule has 7 heteroatoms. The third kappa shape index (κ3) is 4.06. The van der Waals surface area contributed by atoms with Gasteiger partial charge in [-0.05, 0) is 57.7 Å². The molecule has 1 amide bonds. The average Bonchev–Trinajstić information content (AvgIpc) is 2.88. The fourth-order valence-corrected chi connectivity index (χ4v) is 3.30. The summed E-state index contributed by atoms with van der Waals surface area (Å²) in [6, 6.07) is 6.02. The van der Waals surface area contributed by atoms with Gasteiger partial charge in [0.1, 0.15) is 11.1 Å². The van der Waals surface area contributed by atoms with Gasteiger partial charge in [0, 0.05) is 24.1 Å². The molecule has 2 heterocycles. The molecule has 2 aromatic rings. The molecular weight excluding hydrogens is 372 g/mol. The maximum atomic E-state index is 12.1. The first-order valence-electron chi connectivity index (χ1n) is 8.28. The van der Waals surface area contributed by atoms with E-state index in [1.54, 1.807) is 4.90 Å². The van der Waals surface area contributed by atoms with Crippen LogP contribution in [0.15, 0.2) is 22.7 Å². The van der Waals surface area contributed by atoms with E-state index < -0.39 is 5.60 Å². The Morgan fingerprint density at radius 2 is 2.04 bits per heavy atom. The molecule has 1 fully saturated rings. The summed E-state index contributed by atoms with van der Waals surface area (Å²) in [7, 11) is 0. The van der Waals surface area contributed by atoms with E-state index in [1.807, 2.05) is 43.7 Å². The number of likely N-dealkylation sites (tertiary alicyclic amines) is 1. The van der Waals surface area contributed by atoms with Crippen LogP contribution >= 0.6 is 15.9 Å². The Morgan fingerprint density at radius 3 is 2.71 bits per heavy atom. The normalized spacial score (nSPS) is 16.6. The van der Waals surface area contributed by atoms with E-state index >= 15 is 0 Å². The van der Waals surface area contributed by atoms with Crippen LogP contribution in [0.5, 0.6) is 0 Å². The fraction of sp³-hybridized carbons (Fsp3) is 0.588. The predicted octanol–water partition coefficient (Wildman–Crippen LogP) is 3.84. The highest BCUT2D eigenvalue weighted by atomic mass is 79.9. The number of ether oxygens (including phenoxy) is 1. The van der Waals surface area contributed by atoms with E-state index in [0.717, 1.165) is 48.0 Å². The molecule has 1 aromatic carbocycles. The van der Waals surface area contributed by atoms with Crippen LogP contribution < -0.4 is 0 Å². The molecule has 6 nitrogen and oxygen atoms in total. The zero-order chi connectivity index (χ0) is 17.3. The maximum absolute atomic E-state index is 12.1. The van der Waals surface area contributed by atoms with Crippen molar-refractivity contribution in [3.63, 3.8) is 0 Å². The van der Waals surface area contributed by atoms with Gasteiger partial charge in [-0.25, -0.2) is 9.48 Å². The van der Waals surface area contributed by atoms with Gasteiger partial charge in [0.15, 0.2) is 0 Å². The zero-order valence-electron chi connectivity index (χ0n) is 14.3. The number of rotatable bonds is 2. The Hall–Kier alpha value is -1.63. The van der Waals surface area contributed by atoms with E-state index in [9.17, 15) is 4.79 Å². The van der Waals surface area contributed by atoms with Gasteiger partial charge >= 0.3 is 6.09 Å². The molecule has 0 saturated carbocycles. The molecular formula is C17H23BrN4O2. The molecule has 0 unspecified atom stereocenters. The Kier molecular flexibility index (Phi) is 4.80.